The Labute approximate surface area is 119 Å². The first-order valence-electron chi connectivity index (χ1n) is 6.09. The molecule has 1 amide bonds. The lowest BCUT2D eigenvalue weighted by Gasteiger charge is -2.12. The maximum absolute atomic E-state index is 12.4. The molecule has 0 fully saturated rings. The number of aliphatic hydroxyl groups excluding tert-OH is 1. The Morgan fingerprint density at radius 1 is 1.00 bits per heavy atom. The fraction of sp³-hybridized carbons (Fsp3) is 0.133. The van der Waals surface area contributed by atoms with Crippen molar-refractivity contribution in [1.82, 2.24) is 0 Å². The van der Waals surface area contributed by atoms with Crippen molar-refractivity contribution in [3.63, 3.8) is 0 Å². The molecule has 6 heteroatoms. The second kappa shape index (κ2) is 5.97. The van der Waals surface area contributed by atoms with Crippen molar-refractivity contribution in [2.45, 2.75) is 12.3 Å². The van der Waals surface area contributed by atoms with Crippen molar-refractivity contribution in [3.8, 4) is 0 Å². The van der Waals surface area contributed by atoms with E-state index in [9.17, 15) is 23.1 Å². The van der Waals surface area contributed by atoms with Crippen LogP contribution < -0.4 is 5.32 Å². The predicted molar refractivity (Wildman–Crippen MR) is 71.5 cm³/mol. The molecular weight excluding hydrogens is 283 g/mol. The highest BCUT2D eigenvalue weighted by Crippen LogP contribution is 2.30. The summed E-state index contributed by atoms with van der Waals surface area (Å²) in [4.78, 5) is 11.8. The fourth-order valence-electron chi connectivity index (χ4n) is 1.74. The lowest BCUT2D eigenvalue weighted by molar-refractivity contribution is -0.137. The molecule has 21 heavy (non-hydrogen) atoms. The van der Waals surface area contributed by atoms with Crippen LogP contribution >= 0.6 is 0 Å². The van der Waals surface area contributed by atoms with E-state index < -0.39 is 23.8 Å². The van der Waals surface area contributed by atoms with Crippen molar-refractivity contribution in [1.29, 1.82) is 0 Å². The summed E-state index contributed by atoms with van der Waals surface area (Å²) in [6.45, 7) is 0. The maximum Gasteiger partial charge on any atom is 0.416 e. The molecule has 0 unspecified atom stereocenters. The highest BCUT2D eigenvalue weighted by molar-refractivity contribution is 5.94. The third-order valence-corrected chi connectivity index (χ3v) is 2.84. The predicted octanol–water partition coefficient (Wildman–Crippen LogP) is 3.38. The average molecular weight is 295 g/mol. The SMILES string of the molecule is O=C(Nc1ccc(C(F)(F)F)cc1)[C@H](O)c1ccccc1. The van der Waals surface area contributed by atoms with Gasteiger partial charge in [-0.1, -0.05) is 30.3 Å². The zero-order chi connectivity index (χ0) is 15.5. The van der Waals surface area contributed by atoms with Crippen LogP contribution in [0.4, 0.5) is 18.9 Å². The Balaban J connectivity index is 2.06. The molecule has 1 atom stereocenters. The van der Waals surface area contributed by atoms with Gasteiger partial charge in [0.05, 0.1) is 5.56 Å². The molecule has 0 radical (unpaired) electrons. The van der Waals surface area contributed by atoms with Crippen LogP contribution in [0.2, 0.25) is 0 Å². The van der Waals surface area contributed by atoms with Crippen LogP contribution in [0.1, 0.15) is 17.2 Å². The summed E-state index contributed by atoms with van der Waals surface area (Å²) in [5.41, 5.74) is -0.214. The van der Waals surface area contributed by atoms with Gasteiger partial charge in [-0.2, -0.15) is 13.2 Å². The number of carbonyl (C=O) groups is 1. The molecule has 0 bridgehead atoms. The van der Waals surface area contributed by atoms with Crippen molar-refractivity contribution in [2.24, 2.45) is 0 Å². The molecule has 2 aromatic rings. The third-order valence-electron chi connectivity index (χ3n) is 2.84. The second-order valence-electron chi connectivity index (χ2n) is 4.38. The number of carbonyl (C=O) groups excluding carboxylic acids is 1. The first kappa shape index (κ1) is 15.1. The summed E-state index contributed by atoms with van der Waals surface area (Å²) >= 11 is 0. The highest BCUT2D eigenvalue weighted by atomic mass is 19.4. The Morgan fingerprint density at radius 2 is 1.57 bits per heavy atom. The van der Waals surface area contributed by atoms with E-state index in [1.165, 1.54) is 0 Å². The number of anilines is 1. The van der Waals surface area contributed by atoms with Gasteiger partial charge in [-0.05, 0) is 29.8 Å². The van der Waals surface area contributed by atoms with Crippen LogP contribution in [-0.4, -0.2) is 11.0 Å². The van der Waals surface area contributed by atoms with E-state index in [0.717, 1.165) is 24.3 Å². The Morgan fingerprint density at radius 3 is 2.10 bits per heavy atom. The van der Waals surface area contributed by atoms with E-state index in [4.69, 9.17) is 0 Å². The quantitative estimate of drug-likeness (QED) is 0.912. The zero-order valence-electron chi connectivity index (χ0n) is 10.8. The van der Waals surface area contributed by atoms with Crippen LogP contribution in [0.5, 0.6) is 0 Å². The molecule has 2 N–H and O–H groups in total. The van der Waals surface area contributed by atoms with Gasteiger partial charge in [0.25, 0.3) is 5.91 Å². The largest absolute Gasteiger partial charge is 0.416 e. The van der Waals surface area contributed by atoms with E-state index in [-0.39, 0.29) is 5.69 Å². The monoisotopic (exact) mass is 295 g/mol. The van der Waals surface area contributed by atoms with Crippen LogP contribution in [0, 0.1) is 0 Å². The maximum atomic E-state index is 12.4. The zero-order valence-corrected chi connectivity index (χ0v) is 10.8. The summed E-state index contributed by atoms with van der Waals surface area (Å²) in [7, 11) is 0. The van der Waals surface area contributed by atoms with Gasteiger partial charge in [0, 0.05) is 5.69 Å². The lowest BCUT2D eigenvalue weighted by Crippen LogP contribution is -2.20. The fourth-order valence-corrected chi connectivity index (χ4v) is 1.74. The van der Waals surface area contributed by atoms with Crippen LogP contribution in [-0.2, 0) is 11.0 Å². The summed E-state index contributed by atoms with van der Waals surface area (Å²) in [5.74, 6) is -0.707. The number of hydrogen-bond donors (Lipinski definition) is 2. The molecule has 0 aliphatic carbocycles. The van der Waals surface area contributed by atoms with Gasteiger partial charge >= 0.3 is 6.18 Å². The number of benzene rings is 2. The summed E-state index contributed by atoms with van der Waals surface area (Å²) in [6.07, 6.45) is -5.81. The number of rotatable bonds is 3. The average Bonchev–Trinajstić information content (AvgIpc) is 2.47. The first-order chi connectivity index (χ1) is 9.88. The minimum absolute atomic E-state index is 0.183. The van der Waals surface area contributed by atoms with Crippen molar-refractivity contribution in [2.75, 3.05) is 5.32 Å². The van der Waals surface area contributed by atoms with Gasteiger partial charge in [-0.25, -0.2) is 0 Å². The molecule has 0 saturated heterocycles. The molecule has 0 saturated carbocycles. The van der Waals surface area contributed by atoms with E-state index in [1.807, 2.05) is 0 Å². The Bertz CT molecular complexity index is 609. The van der Waals surface area contributed by atoms with E-state index in [2.05, 4.69) is 5.32 Å². The van der Waals surface area contributed by atoms with Gasteiger partial charge in [0.15, 0.2) is 6.10 Å². The molecule has 110 valence electrons. The van der Waals surface area contributed by atoms with Crippen molar-refractivity contribution in [3.05, 3.63) is 65.7 Å². The lowest BCUT2D eigenvalue weighted by atomic mass is 10.1. The highest BCUT2D eigenvalue weighted by Gasteiger charge is 2.30. The summed E-state index contributed by atoms with van der Waals surface area (Å²) < 4.78 is 37.2. The second-order valence-corrected chi connectivity index (χ2v) is 4.38. The first-order valence-corrected chi connectivity index (χ1v) is 6.09. The van der Waals surface area contributed by atoms with Crippen LogP contribution in [0.3, 0.4) is 0 Å². The van der Waals surface area contributed by atoms with Crippen molar-refractivity contribution >= 4 is 11.6 Å². The minimum Gasteiger partial charge on any atom is -0.378 e. The van der Waals surface area contributed by atoms with Gasteiger partial charge in [-0.3, -0.25) is 4.79 Å². The Hall–Kier alpha value is -2.34. The third kappa shape index (κ3) is 3.82. The molecule has 0 aliphatic heterocycles. The number of alkyl halides is 3. The smallest absolute Gasteiger partial charge is 0.378 e. The summed E-state index contributed by atoms with van der Waals surface area (Å²) in [6, 6.07) is 12.2. The molecule has 2 rings (SSSR count). The van der Waals surface area contributed by atoms with E-state index >= 15 is 0 Å². The van der Waals surface area contributed by atoms with E-state index in [1.54, 1.807) is 30.3 Å². The van der Waals surface area contributed by atoms with Crippen molar-refractivity contribution < 1.29 is 23.1 Å². The molecule has 0 heterocycles. The number of amides is 1. The molecule has 3 nitrogen and oxygen atoms in total. The molecule has 0 aromatic heterocycles. The van der Waals surface area contributed by atoms with Crippen LogP contribution in [0.25, 0.3) is 0 Å². The van der Waals surface area contributed by atoms with Crippen LogP contribution in [0.15, 0.2) is 54.6 Å². The van der Waals surface area contributed by atoms with Gasteiger partial charge in [0.2, 0.25) is 0 Å². The molecule has 0 aliphatic rings. The Kier molecular flexibility index (Phi) is 4.28. The molecule has 0 spiro atoms. The molecular formula is C15H12F3NO2. The van der Waals surface area contributed by atoms with Gasteiger partial charge in [0.1, 0.15) is 0 Å². The minimum atomic E-state index is -4.42. The number of halogens is 3. The number of aliphatic hydroxyl groups is 1. The van der Waals surface area contributed by atoms with Gasteiger partial charge in [-0.15, -0.1) is 0 Å². The topological polar surface area (TPSA) is 49.3 Å². The van der Waals surface area contributed by atoms with Gasteiger partial charge < -0.3 is 10.4 Å². The number of nitrogens with one attached hydrogen (secondary N) is 1. The normalized spacial score (nSPS) is 12.8. The summed E-state index contributed by atoms with van der Waals surface area (Å²) in [5, 5.41) is 12.2. The number of hydrogen-bond acceptors (Lipinski definition) is 2. The molecule has 2 aromatic carbocycles. The standard InChI is InChI=1S/C15H12F3NO2/c16-15(17,18)11-6-8-12(9-7-11)19-14(21)13(20)10-4-2-1-3-5-10/h1-9,13,20H,(H,19,21)/t13-/m1/s1. The van der Waals surface area contributed by atoms with E-state index in [0.29, 0.717) is 5.56 Å².